The largest absolute Gasteiger partial charge is 0.507 e. The third-order valence-corrected chi connectivity index (χ3v) is 6.75. The number of hydrogen-bond acceptors (Lipinski definition) is 5. The number of carbonyl (C=O) groups is 1. The van der Waals surface area contributed by atoms with E-state index in [0.717, 1.165) is 18.2 Å². The highest BCUT2D eigenvalue weighted by molar-refractivity contribution is 6.33. The molecule has 0 bridgehead atoms. The molecular formula is C28H19Cl2F3N4O3. The predicted molar refractivity (Wildman–Crippen MR) is 144 cm³/mol. The van der Waals surface area contributed by atoms with Gasteiger partial charge < -0.3 is 15.4 Å². The second kappa shape index (κ2) is 11.4. The van der Waals surface area contributed by atoms with Crippen LogP contribution in [0.15, 0.2) is 65.7 Å². The summed E-state index contributed by atoms with van der Waals surface area (Å²) in [5.41, 5.74) is -1.90. The molecule has 4 rings (SSSR count). The Hall–Kier alpha value is -4.33. The highest BCUT2D eigenvalue weighted by atomic mass is 35.5. The molecule has 0 radical (unpaired) electrons. The van der Waals surface area contributed by atoms with Gasteiger partial charge in [0.25, 0.3) is 5.56 Å². The Labute approximate surface area is 235 Å². The van der Waals surface area contributed by atoms with Crippen LogP contribution in [0.2, 0.25) is 10.0 Å². The molecule has 204 valence electrons. The molecule has 1 unspecified atom stereocenters. The monoisotopic (exact) mass is 586 g/mol. The van der Waals surface area contributed by atoms with Crippen molar-refractivity contribution in [3.63, 3.8) is 0 Å². The van der Waals surface area contributed by atoms with E-state index < -0.39 is 28.8 Å². The van der Waals surface area contributed by atoms with Crippen molar-refractivity contribution < 1.29 is 23.1 Å². The number of phenolic OH excluding ortho intramolecular Hbond substituents is 1. The molecule has 2 heterocycles. The van der Waals surface area contributed by atoms with E-state index in [0.29, 0.717) is 5.56 Å². The molecule has 0 aliphatic rings. The smallest absolute Gasteiger partial charge is 0.416 e. The third-order valence-electron chi connectivity index (χ3n) is 6.20. The molecule has 0 aliphatic carbocycles. The zero-order chi connectivity index (χ0) is 29.2. The normalized spacial score (nSPS) is 12.0. The maximum absolute atomic E-state index is 13.4. The van der Waals surface area contributed by atoms with E-state index in [2.05, 4.69) is 15.3 Å². The SMILES string of the molecule is CC(C(=O)NCc1cc(Cl)cc(-c2cc(-c3cc(C(F)(F)F)ccc3Cl)c(C#N)c(=O)[nH]2)c1O)c1cccnc1. The molecule has 12 heteroatoms. The fourth-order valence-corrected chi connectivity index (χ4v) is 4.51. The van der Waals surface area contributed by atoms with E-state index >= 15 is 0 Å². The number of alkyl halides is 3. The van der Waals surface area contributed by atoms with Crippen LogP contribution in [0, 0.1) is 11.3 Å². The minimum Gasteiger partial charge on any atom is -0.507 e. The standard InChI is InChI=1S/C28H19Cl2F3N4O3/c1-14(15-3-2-6-35-12-15)26(39)36-13-16-7-18(29)9-21(25(16)38)24-10-19(22(11-34)27(40)37-24)20-8-17(28(31,32)33)4-5-23(20)30/h2-10,12,14,38H,13H2,1H3,(H,36,39)(H,37,40). The Kier molecular flexibility index (Phi) is 8.18. The zero-order valence-electron chi connectivity index (χ0n) is 20.6. The van der Waals surface area contributed by atoms with Gasteiger partial charge in [0, 0.05) is 51.2 Å². The number of aromatic amines is 1. The Morgan fingerprint density at radius 1 is 1.15 bits per heavy atom. The van der Waals surface area contributed by atoms with Crippen LogP contribution >= 0.6 is 23.2 Å². The van der Waals surface area contributed by atoms with E-state index in [1.807, 2.05) is 0 Å². The number of carbonyl (C=O) groups excluding carboxylic acids is 1. The maximum atomic E-state index is 13.4. The fraction of sp³-hybridized carbons (Fsp3) is 0.143. The molecule has 1 atom stereocenters. The Morgan fingerprint density at radius 3 is 2.55 bits per heavy atom. The van der Waals surface area contributed by atoms with Crippen molar-refractivity contribution in [2.24, 2.45) is 0 Å². The summed E-state index contributed by atoms with van der Waals surface area (Å²) in [6.45, 7) is 1.56. The zero-order valence-corrected chi connectivity index (χ0v) is 22.1. The van der Waals surface area contributed by atoms with Crippen molar-refractivity contribution in [3.8, 4) is 34.2 Å². The van der Waals surface area contributed by atoms with Crippen molar-refractivity contribution in [3.05, 3.63) is 104 Å². The molecule has 0 spiro atoms. The van der Waals surface area contributed by atoms with Gasteiger partial charge in [-0.2, -0.15) is 18.4 Å². The van der Waals surface area contributed by atoms with E-state index in [9.17, 15) is 33.1 Å². The van der Waals surface area contributed by atoms with Gasteiger partial charge in [0.05, 0.1) is 17.2 Å². The van der Waals surface area contributed by atoms with Gasteiger partial charge in [-0.3, -0.25) is 14.6 Å². The lowest BCUT2D eigenvalue weighted by atomic mass is 9.96. The van der Waals surface area contributed by atoms with Crippen LogP contribution in [0.4, 0.5) is 13.2 Å². The number of hydrogen-bond donors (Lipinski definition) is 3. The molecule has 1 amide bonds. The average molecular weight is 587 g/mol. The first-order valence-electron chi connectivity index (χ1n) is 11.6. The molecule has 7 nitrogen and oxygen atoms in total. The number of H-pyrrole nitrogens is 1. The van der Waals surface area contributed by atoms with Crippen molar-refractivity contribution >= 4 is 29.1 Å². The molecule has 4 aromatic rings. The summed E-state index contributed by atoms with van der Waals surface area (Å²) < 4.78 is 40.1. The number of phenols is 1. The van der Waals surface area contributed by atoms with Crippen LogP contribution in [0.25, 0.3) is 22.4 Å². The molecule has 2 aromatic carbocycles. The van der Waals surface area contributed by atoms with Crippen LogP contribution < -0.4 is 10.9 Å². The summed E-state index contributed by atoms with van der Waals surface area (Å²) >= 11 is 12.5. The fourth-order valence-electron chi connectivity index (χ4n) is 4.05. The van der Waals surface area contributed by atoms with Gasteiger partial charge in [0.15, 0.2) is 0 Å². The lowest BCUT2D eigenvalue weighted by molar-refractivity contribution is -0.137. The van der Waals surface area contributed by atoms with Gasteiger partial charge in [0.2, 0.25) is 5.91 Å². The third kappa shape index (κ3) is 5.96. The second-order valence-corrected chi connectivity index (χ2v) is 9.64. The van der Waals surface area contributed by atoms with Gasteiger partial charge in [-0.15, -0.1) is 0 Å². The quantitative estimate of drug-likeness (QED) is 0.240. The summed E-state index contributed by atoms with van der Waals surface area (Å²) in [4.78, 5) is 32.0. The van der Waals surface area contributed by atoms with Crippen molar-refractivity contribution in [2.75, 3.05) is 0 Å². The first kappa shape index (κ1) is 28.7. The van der Waals surface area contributed by atoms with Gasteiger partial charge in [-0.25, -0.2) is 0 Å². The second-order valence-electron chi connectivity index (χ2n) is 8.79. The highest BCUT2D eigenvalue weighted by Gasteiger charge is 2.31. The van der Waals surface area contributed by atoms with Crippen LogP contribution in [-0.2, 0) is 17.5 Å². The minimum absolute atomic E-state index is 0.0167. The number of nitriles is 1. The van der Waals surface area contributed by atoms with Crippen LogP contribution in [0.1, 0.15) is 35.1 Å². The lowest BCUT2D eigenvalue weighted by Gasteiger charge is -2.16. The van der Waals surface area contributed by atoms with E-state index in [1.54, 1.807) is 37.5 Å². The summed E-state index contributed by atoms with van der Waals surface area (Å²) in [7, 11) is 0. The first-order valence-corrected chi connectivity index (χ1v) is 12.4. The average Bonchev–Trinajstić information content (AvgIpc) is 2.92. The Bertz CT molecular complexity index is 1700. The van der Waals surface area contributed by atoms with Crippen molar-refractivity contribution in [1.82, 2.24) is 15.3 Å². The maximum Gasteiger partial charge on any atom is 0.416 e. The molecule has 3 N–H and O–H groups in total. The van der Waals surface area contributed by atoms with Crippen LogP contribution in [0.5, 0.6) is 5.75 Å². The number of rotatable bonds is 6. The summed E-state index contributed by atoms with van der Waals surface area (Å²) in [6.07, 6.45) is -1.55. The van der Waals surface area contributed by atoms with Gasteiger partial charge in [-0.05, 0) is 55.0 Å². The number of halogens is 5. The summed E-state index contributed by atoms with van der Waals surface area (Å²) in [6, 6.07) is 11.7. The van der Waals surface area contributed by atoms with Crippen LogP contribution in [0.3, 0.4) is 0 Å². The van der Waals surface area contributed by atoms with Crippen LogP contribution in [-0.4, -0.2) is 21.0 Å². The molecule has 2 aromatic heterocycles. The number of nitrogens with one attached hydrogen (secondary N) is 2. The molecule has 0 saturated heterocycles. The number of benzene rings is 2. The summed E-state index contributed by atoms with van der Waals surface area (Å²) in [5.74, 6) is -1.23. The number of aromatic nitrogens is 2. The predicted octanol–water partition coefficient (Wildman–Crippen LogP) is 6.43. The molecule has 0 aliphatic heterocycles. The number of aromatic hydroxyl groups is 1. The number of pyridine rings is 2. The molecule has 0 saturated carbocycles. The van der Waals surface area contributed by atoms with E-state index in [1.165, 1.54) is 18.2 Å². The molecule has 0 fully saturated rings. The minimum atomic E-state index is -4.70. The highest BCUT2D eigenvalue weighted by Crippen LogP contribution is 2.39. The number of amides is 1. The Balaban J connectivity index is 1.75. The van der Waals surface area contributed by atoms with Crippen molar-refractivity contribution in [1.29, 1.82) is 5.26 Å². The number of nitrogens with zero attached hydrogens (tertiary/aromatic N) is 2. The first-order chi connectivity index (χ1) is 18.9. The molecular weight excluding hydrogens is 568 g/mol. The van der Waals surface area contributed by atoms with Gasteiger partial charge in [0.1, 0.15) is 17.4 Å². The van der Waals surface area contributed by atoms with Crippen molar-refractivity contribution in [2.45, 2.75) is 25.6 Å². The van der Waals surface area contributed by atoms with Gasteiger partial charge >= 0.3 is 6.18 Å². The molecule has 40 heavy (non-hydrogen) atoms. The topological polar surface area (TPSA) is 119 Å². The Morgan fingerprint density at radius 2 is 1.90 bits per heavy atom. The lowest BCUT2D eigenvalue weighted by Crippen LogP contribution is -2.27. The van der Waals surface area contributed by atoms with Gasteiger partial charge in [-0.1, -0.05) is 29.3 Å². The summed E-state index contributed by atoms with van der Waals surface area (Å²) in [5, 5.41) is 23.4. The van der Waals surface area contributed by atoms with E-state index in [4.69, 9.17) is 23.2 Å². The van der Waals surface area contributed by atoms with E-state index in [-0.39, 0.29) is 56.2 Å².